The van der Waals surface area contributed by atoms with Crippen molar-refractivity contribution in [3.05, 3.63) is 237 Å². The molecule has 0 saturated carbocycles. The molecule has 1 nitrogen and oxygen atoms in total. The highest BCUT2D eigenvalue weighted by Crippen LogP contribution is 2.43. The molecule has 56 heavy (non-hydrogen) atoms. The van der Waals surface area contributed by atoms with Crippen molar-refractivity contribution >= 4 is 45.9 Å². The molecule has 0 aromatic heterocycles. The van der Waals surface area contributed by atoms with E-state index in [2.05, 4.69) is 241 Å². The zero-order chi connectivity index (χ0) is 37.3. The molecule has 0 amide bonds. The summed E-state index contributed by atoms with van der Waals surface area (Å²) in [5.41, 5.74) is 13.3. The van der Waals surface area contributed by atoms with E-state index in [-0.39, 0.29) is 0 Å². The van der Waals surface area contributed by atoms with Crippen LogP contribution in [-0.4, -0.2) is 8.07 Å². The Balaban J connectivity index is 1.15. The summed E-state index contributed by atoms with van der Waals surface area (Å²) in [4.78, 5) is 2.47. The second kappa shape index (κ2) is 14.3. The average molecular weight is 730 g/mol. The van der Waals surface area contributed by atoms with Gasteiger partial charge >= 0.3 is 0 Å². The second-order valence-electron chi connectivity index (χ2n) is 14.5. The topological polar surface area (TPSA) is 3.24 Å². The molecule has 0 aliphatic carbocycles. The number of hydrogen-bond acceptors (Lipinski definition) is 1. The summed E-state index contributed by atoms with van der Waals surface area (Å²) in [5, 5.41) is 5.66. The molecule has 0 saturated heterocycles. The molecule has 9 aromatic rings. The molecule has 0 spiro atoms. The zero-order valence-electron chi connectivity index (χ0n) is 31.0. The summed E-state index contributed by atoms with van der Waals surface area (Å²) >= 11 is 0. The van der Waals surface area contributed by atoms with E-state index in [1.165, 1.54) is 70.9 Å². The Morgan fingerprint density at radius 1 is 0.268 bits per heavy atom. The Morgan fingerprint density at radius 3 is 1.09 bits per heavy atom. The molecular formula is C54H39NSi. The molecule has 0 bridgehead atoms. The van der Waals surface area contributed by atoms with Gasteiger partial charge in [0.15, 0.2) is 8.07 Å². The molecule has 1 aliphatic rings. The van der Waals surface area contributed by atoms with Gasteiger partial charge in [0.1, 0.15) is 0 Å². The lowest BCUT2D eigenvalue weighted by Crippen LogP contribution is -2.72. The van der Waals surface area contributed by atoms with Crippen LogP contribution >= 0.6 is 0 Å². The molecular weight excluding hydrogens is 691 g/mol. The Morgan fingerprint density at radius 2 is 0.625 bits per heavy atom. The summed E-state index contributed by atoms with van der Waals surface area (Å²) in [6.45, 7) is 0. The third-order valence-electron chi connectivity index (χ3n) is 11.4. The van der Waals surface area contributed by atoms with E-state index < -0.39 is 8.07 Å². The number of hydrogen-bond donors (Lipinski definition) is 0. The minimum absolute atomic E-state index is 1.12. The maximum absolute atomic E-state index is 2.67. The van der Waals surface area contributed by atoms with Crippen molar-refractivity contribution < 1.29 is 0 Å². The minimum atomic E-state index is -2.67. The van der Waals surface area contributed by atoms with Crippen molar-refractivity contribution in [2.75, 3.05) is 4.90 Å². The van der Waals surface area contributed by atoms with Gasteiger partial charge in [-0.3, -0.25) is 0 Å². The lowest BCUT2D eigenvalue weighted by molar-refractivity contribution is 1.29. The SMILES string of the molecule is c1ccc(-c2ccc(-c3ccc(N(c4ccc(-c5ccccc5)cc4)c4cccc5c4-c4ccccc4[Si]5(c4ccccc4)c4ccccc4)cc3)cc2)cc1. The number of benzene rings is 9. The van der Waals surface area contributed by atoms with E-state index in [0.717, 1.165) is 11.4 Å². The van der Waals surface area contributed by atoms with Crippen molar-refractivity contribution in [1.82, 2.24) is 0 Å². The van der Waals surface area contributed by atoms with E-state index in [4.69, 9.17) is 0 Å². The smallest absolute Gasteiger partial charge is 0.180 e. The fourth-order valence-corrected chi connectivity index (χ4v) is 14.0. The Hall–Kier alpha value is -7.00. The van der Waals surface area contributed by atoms with E-state index in [9.17, 15) is 0 Å². The maximum atomic E-state index is 2.47. The third-order valence-corrected chi connectivity index (χ3v) is 16.3. The van der Waals surface area contributed by atoms with Gasteiger partial charge in [-0.1, -0.05) is 206 Å². The summed E-state index contributed by atoms with van der Waals surface area (Å²) in [7, 11) is -2.67. The van der Waals surface area contributed by atoms with Gasteiger partial charge in [0.25, 0.3) is 0 Å². The molecule has 1 heterocycles. The number of anilines is 3. The molecule has 0 N–H and O–H groups in total. The first kappa shape index (κ1) is 33.6. The van der Waals surface area contributed by atoms with Gasteiger partial charge in [0, 0.05) is 16.9 Å². The van der Waals surface area contributed by atoms with Crippen LogP contribution in [0.1, 0.15) is 0 Å². The van der Waals surface area contributed by atoms with Crippen LogP contribution in [0.15, 0.2) is 237 Å². The lowest BCUT2D eigenvalue weighted by atomic mass is 9.99. The van der Waals surface area contributed by atoms with Crippen LogP contribution in [0.3, 0.4) is 0 Å². The van der Waals surface area contributed by atoms with E-state index in [1.54, 1.807) is 0 Å². The average Bonchev–Trinajstić information content (AvgIpc) is 3.60. The summed E-state index contributed by atoms with van der Waals surface area (Å²) in [6.07, 6.45) is 0. The molecule has 0 unspecified atom stereocenters. The zero-order valence-corrected chi connectivity index (χ0v) is 32.0. The Kier molecular flexibility index (Phi) is 8.59. The van der Waals surface area contributed by atoms with Gasteiger partial charge in [-0.2, -0.15) is 0 Å². The maximum Gasteiger partial charge on any atom is 0.180 e. The Labute approximate surface area is 330 Å². The van der Waals surface area contributed by atoms with Gasteiger partial charge in [-0.05, 0) is 90.0 Å². The second-order valence-corrected chi connectivity index (χ2v) is 18.2. The van der Waals surface area contributed by atoms with Crippen LogP contribution in [0.4, 0.5) is 17.1 Å². The van der Waals surface area contributed by atoms with E-state index >= 15 is 0 Å². The van der Waals surface area contributed by atoms with Crippen molar-refractivity contribution in [2.45, 2.75) is 0 Å². The van der Waals surface area contributed by atoms with Gasteiger partial charge in [-0.25, -0.2) is 0 Å². The summed E-state index contributed by atoms with van der Waals surface area (Å²) in [6, 6.07) is 86.9. The summed E-state index contributed by atoms with van der Waals surface area (Å²) in [5.74, 6) is 0. The highest BCUT2D eigenvalue weighted by atomic mass is 28.3. The van der Waals surface area contributed by atoms with Gasteiger partial charge in [0.2, 0.25) is 0 Å². The van der Waals surface area contributed by atoms with Gasteiger partial charge < -0.3 is 4.90 Å². The first-order valence-corrected chi connectivity index (χ1v) is 21.3. The highest BCUT2D eigenvalue weighted by Gasteiger charge is 2.49. The fraction of sp³-hybridized carbons (Fsp3) is 0. The Bertz CT molecular complexity index is 2700. The highest BCUT2D eigenvalue weighted by molar-refractivity contribution is 7.22. The van der Waals surface area contributed by atoms with Gasteiger partial charge in [-0.15, -0.1) is 0 Å². The monoisotopic (exact) mass is 729 g/mol. The quantitative estimate of drug-likeness (QED) is 0.141. The van der Waals surface area contributed by atoms with Crippen LogP contribution in [0.2, 0.25) is 0 Å². The first-order chi connectivity index (χ1) is 27.8. The standard InChI is InChI=1S/C54H39NSi/c1-5-16-40(17-6-1)42-28-30-43(31-29-42)45-34-38-47(39-35-45)55(46-36-32-44(33-37-46)41-18-7-2-8-19-41)51-25-15-27-53-54(51)50-24-13-14-26-52(50)56(53,48-20-9-3-10-21-48)49-22-11-4-12-23-49/h1-39H. The van der Waals surface area contributed by atoms with Crippen LogP contribution in [0.25, 0.3) is 44.5 Å². The molecule has 2 heteroatoms. The van der Waals surface area contributed by atoms with Crippen molar-refractivity contribution in [3.63, 3.8) is 0 Å². The van der Waals surface area contributed by atoms with Crippen LogP contribution in [0.5, 0.6) is 0 Å². The molecule has 0 radical (unpaired) electrons. The van der Waals surface area contributed by atoms with Crippen molar-refractivity contribution in [1.29, 1.82) is 0 Å². The third kappa shape index (κ3) is 5.71. The van der Waals surface area contributed by atoms with Crippen molar-refractivity contribution in [2.24, 2.45) is 0 Å². The predicted molar refractivity (Wildman–Crippen MR) is 240 cm³/mol. The van der Waals surface area contributed by atoms with E-state index in [0.29, 0.717) is 0 Å². The van der Waals surface area contributed by atoms with Crippen LogP contribution < -0.4 is 25.6 Å². The minimum Gasteiger partial charge on any atom is -0.310 e. The van der Waals surface area contributed by atoms with Crippen molar-refractivity contribution in [3.8, 4) is 44.5 Å². The molecule has 1 aliphatic heterocycles. The fourth-order valence-electron chi connectivity index (χ4n) is 8.81. The molecule has 10 rings (SSSR count). The van der Waals surface area contributed by atoms with Crippen LogP contribution in [-0.2, 0) is 0 Å². The van der Waals surface area contributed by atoms with E-state index in [1.807, 2.05) is 0 Å². The largest absolute Gasteiger partial charge is 0.310 e. The molecule has 264 valence electrons. The molecule has 9 aromatic carbocycles. The number of rotatable bonds is 8. The first-order valence-electron chi connectivity index (χ1n) is 19.3. The number of fused-ring (bicyclic) bond motifs is 3. The molecule has 0 fully saturated rings. The van der Waals surface area contributed by atoms with Crippen LogP contribution in [0, 0.1) is 0 Å². The number of nitrogens with zero attached hydrogens (tertiary/aromatic N) is 1. The normalized spacial score (nSPS) is 12.4. The summed E-state index contributed by atoms with van der Waals surface area (Å²) < 4.78 is 0. The predicted octanol–water partition coefficient (Wildman–Crippen LogP) is 11.5. The molecule has 0 atom stereocenters. The van der Waals surface area contributed by atoms with Gasteiger partial charge in [0.05, 0.1) is 5.69 Å². The lowest BCUT2D eigenvalue weighted by Gasteiger charge is -2.32.